The van der Waals surface area contributed by atoms with Crippen LogP contribution in [0.1, 0.15) is 36.8 Å². The Hall–Kier alpha value is -1.64. The molecule has 0 radical (unpaired) electrons. The van der Waals surface area contributed by atoms with Gasteiger partial charge in [-0.1, -0.05) is 30.7 Å². The van der Waals surface area contributed by atoms with Crippen LogP contribution < -0.4 is 0 Å². The van der Waals surface area contributed by atoms with Crippen molar-refractivity contribution in [3.8, 4) is 0 Å². The number of hydrogen-bond acceptors (Lipinski definition) is 3. The highest BCUT2D eigenvalue weighted by atomic mass is 16.5. The number of aryl methyl sites for hydroxylation is 1. The van der Waals surface area contributed by atoms with E-state index in [2.05, 4.69) is 12.1 Å². The van der Waals surface area contributed by atoms with Crippen LogP contribution in [0.4, 0.5) is 0 Å². The molecule has 0 N–H and O–H groups in total. The maximum atomic E-state index is 12.8. The van der Waals surface area contributed by atoms with Crippen LogP contribution >= 0.6 is 0 Å². The van der Waals surface area contributed by atoms with Gasteiger partial charge in [-0.3, -0.25) is 9.59 Å². The standard InChI is InChI=1S/C16H18O3/c1-19-15(18)12-6-4-9-16(14(12)17)10-8-11-5-2-3-7-13(11)16/h2-3,5,7,12H,4,6,8-10H2,1H3. The molecule has 0 bridgehead atoms. The van der Waals surface area contributed by atoms with Gasteiger partial charge in [0.05, 0.1) is 12.5 Å². The zero-order valence-corrected chi connectivity index (χ0v) is 11.1. The molecular formula is C16H18O3. The molecule has 3 heteroatoms. The minimum atomic E-state index is -0.565. The lowest BCUT2D eigenvalue weighted by Gasteiger charge is -2.36. The molecule has 0 amide bonds. The lowest BCUT2D eigenvalue weighted by molar-refractivity contribution is -0.153. The third-order valence-corrected chi connectivity index (χ3v) is 4.72. The molecular weight excluding hydrogens is 240 g/mol. The molecule has 2 aliphatic rings. The Bertz CT molecular complexity index is 531. The Balaban J connectivity index is 2.01. The van der Waals surface area contributed by atoms with Gasteiger partial charge in [0.2, 0.25) is 0 Å². The topological polar surface area (TPSA) is 43.4 Å². The van der Waals surface area contributed by atoms with Crippen molar-refractivity contribution in [3.05, 3.63) is 35.4 Å². The Morgan fingerprint density at radius 3 is 2.89 bits per heavy atom. The quantitative estimate of drug-likeness (QED) is 0.574. The van der Waals surface area contributed by atoms with E-state index in [1.807, 2.05) is 12.1 Å². The number of carbonyl (C=O) groups excluding carboxylic acids is 2. The van der Waals surface area contributed by atoms with Crippen molar-refractivity contribution < 1.29 is 14.3 Å². The summed E-state index contributed by atoms with van der Waals surface area (Å²) in [6, 6.07) is 8.16. The number of ketones is 1. The molecule has 2 aliphatic carbocycles. The van der Waals surface area contributed by atoms with E-state index in [-0.39, 0.29) is 11.8 Å². The highest BCUT2D eigenvalue weighted by molar-refractivity contribution is 6.05. The van der Waals surface area contributed by atoms with Crippen molar-refractivity contribution >= 4 is 11.8 Å². The number of esters is 1. The van der Waals surface area contributed by atoms with E-state index in [1.54, 1.807) is 0 Å². The highest BCUT2D eigenvalue weighted by Gasteiger charge is 2.51. The molecule has 1 aromatic carbocycles. The fourth-order valence-electron chi connectivity index (χ4n) is 3.77. The van der Waals surface area contributed by atoms with Gasteiger partial charge in [0, 0.05) is 0 Å². The first kappa shape index (κ1) is 12.4. The molecule has 1 aromatic rings. The molecule has 0 aliphatic heterocycles. The van der Waals surface area contributed by atoms with Crippen LogP contribution in [-0.2, 0) is 26.2 Å². The second-order valence-corrected chi connectivity index (χ2v) is 5.57. The van der Waals surface area contributed by atoms with E-state index in [0.29, 0.717) is 6.42 Å². The number of fused-ring (bicyclic) bond motifs is 2. The van der Waals surface area contributed by atoms with Gasteiger partial charge in [-0.25, -0.2) is 0 Å². The lowest BCUT2D eigenvalue weighted by atomic mass is 9.65. The summed E-state index contributed by atoms with van der Waals surface area (Å²) in [5.41, 5.74) is 1.99. The monoisotopic (exact) mass is 258 g/mol. The van der Waals surface area contributed by atoms with Crippen LogP contribution in [0, 0.1) is 5.92 Å². The minimum absolute atomic E-state index is 0.0792. The number of carbonyl (C=O) groups is 2. The van der Waals surface area contributed by atoms with Gasteiger partial charge in [-0.15, -0.1) is 0 Å². The van der Waals surface area contributed by atoms with Crippen molar-refractivity contribution in [2.24, 2.45) is 5.92 Å². The molecule has 0 aromatic heterocycles. The van der Waals surface area contributed by atoms with E-state index in [1.165, 1.54) is 12.7 Å². The van der Waals surface area contributed by atoms with E-state index in [0.717, 1.165) is 31.2 Å². The average molecular weight is 258 g/mol. The summed E-state index contributed by atoms with van der Waals surface area (Å²) in [6.45, 7) is 0. The third kappa shape index (κ3) is 1.71. The van der Waals surface area contributed by atoms with Crippen molar-refractivity contribution in [2.45, 2.75) is 37.5 Å². The van der Waals surface area contributed by atoms with Crippen molar-refractivity contribution in [1.82, 2.24) is 0 Å². The molecule has 3 nitrogen and oxygen atoms in total. The summed E-state index contributed by atoms with van der Waals surface area (Å²) in [5.74, 6) is -0.853. The summed E-state index contributed by atoms with van der Waals surface area (Å²) in [4.78, 5) is 24.6. The Labute approximate surface area is 113 Å². The minimum Gasteiger partial charge on any atom is -0.468 e. The summed E-state index contributed by atoms with van der Waals surface area (Å²) >= 11 is 0. The van der Waals surface area contributed by atoms with E-state index < -0.39 is 11.3 Å². The fourth-order valence-corrected chi connectivity index (χ4v) is 3.77. The van der Waals surface area contributed by atoms with E-state index in [9.17, 15) is 9.59 Å². The normalized spacial score (nSPS) is 29.3. The van der Waals surface area contributed by atoms with Crippen LogP contribution in [0.2, 0.25) is 0 Å². The molecule has 2 unspecified atom stereocenters. The molecule has 100 valence electrons. The smallest absolute Gasteiger partial charge is 0.316 e. The van der Waals surface area contributed by atoms with Crippen molar-refractivity contribution in [1.29, 1.82) is 0 Å². The Morgan fingerprint density at radius 2 is 2.11 bits per heavy atom. The predicted octanol–water partition coefficient (Wildman–Crippen LogP) is 2.41. The molecule has 3 rings (SSSR count). The van der Waals surface area contributed by atoms with Crippen LogP contribution in [0.25, 0.3) is 0 Å². The fraction of sp³-hybridized carbons (Fsp3) is 0.500. The van der Waals surface area contributed by atoms with E-state index >= 15 is 0 Å². The molecule has 1 fully saturated rings. The van der Waals surface area contributed by atoms with Gasteiger partial charge in [0.25, 0.3) is 0 Å². The number of ether oxygens (including phenoxy) is 1. The Kier molecular flexibility index (Phi) is 2.92. The largest absolute Gasteiger partial charge is 0.468 e. The zero-order chi connectivity index (χ0) is 13.5. The van der Waals surface area contributed by atoms with Gasteiger partial charge in [0.1, 0.15) is 5.92 Å². The maximum absolute atomic E-state index is 12.8. The molecule has 19 heavy (non-hydrogen) atoms. The van der Waals surface area contributed by atoms with Crippen LogP contribution in [0.15, 0.2) is 24.3 Å². The lowest BCUT2D eigenvalue weighted by Crippen LogP contribution is -2.45. The maximum Gasteiger partial charge on any atom is 0.316 e. The van der Waals surface area contributed by atoms with Gasteiger partial charge in [0.15, 0.2) is 5.78 Å². The Morgan fingerprint density at radius 1 is 1.32 bits per heavy atom. The van der Waals surface area contributed by atoms with Crippen molar-refractivity contribution in [2.75, 3.05) is 7.11 Å². The van der Waals surface area contributed by atoms with Crippen LogP contribution in [0.3, 0.4) is 0 Å². The molecule has 0 saturated heterocycles. The van der Waals surface area contributed by atoms with Crippen LogP contribution in [0.5, 0.6) is 0 Å². The summed E-state index contributed by atoms with van der Waals surface area (Å²) in [6.07, 6.45) is 4.21. The van der Waals surface area contributed by atoms with Gasteiger partial charge >= 0.3 is 5.97 Å². The molecule has 0 heterocycles. The van der Waals surface area contributed by atoms with E-state index in [4.69, 9.17) is 4.74 Å². The first-order valence-corrected chi connectivity index (χ1v) is 6.89. The van der Waals surface area contributed by atoms with Gasteiger partial charge < -0.3 is 4.74 Å². The molecule has 2 atom stereocenters. The molecule has 1 spiro atoms. The van der Waals surface area contributed by atoms with Gasteiger partial charge in [-0.05, 0) is 36.8 Å². The second-order valence-electron chi connectivity index (χ2n) is 5.57. The first-order valence-electron chi connectivity index (χ1n) is 6.89. The van der Waals surface area contributed by atoms with Gasteiger partial charge in [-0.2, -0.15) is 0 Å². The SMILES string of the molecule is COC(=O)C1CCCC2(CCc3ccccc32)C1=O. The number of rotatable bonds is 1. The number of methoxy groups -OCH3 is 1. The summed E-state index contributed by atoms with van der Waals surface area (Å²) < 4.78 is 4.79. The number of benzene rings is 1. The predicted molar refractivity (Wildman–Crippen MR) is 70.8 cm³/mol. The second kappa shape index (κ2) is 4.48. The highest BCUT2D eigenvalue weighted by Crippen LogP contribution is 2.48. The first-order chi connectivity index (χ1) is 9.19. The molecule has 1 saturated carbocycles. The van der Waals surface area contributed by atoms with Crippen LogP contribution in [-0.4, -0.2) is 18.9 Å². The zero-order valence-electron chi connectivity index (χ0n) is 11.1. The summed E-state index contributed by atoms with van der Waals surface area (Å²) in [5, 5.41) is 0. The summed E-state index contributed by atoms with van der Waals surface area (Å²) in [7, 11) is 1.36. The number of hydrogen-bond donors (Lipinski definition) is 0. The average Bonchev–Trinajstić information content (AvgIpc) is 2.81. The van der Waals surface area contributed by atoms with Crippen molar-refractivity contribution in [3.63, 3.8) is 0 Å². The number of Topliss-reactive ketones (excluding diaryl/α,β-unsaturated/α-hetero) is 1. The third-order valence-electron chi connectivity index (χ3n) is 4.72.